The summed E-state index contributed by atoms with van der Waals surface area (Å²) in [5.41, 5.74) is 0. The average molecular weight is 284 g/mol. The van der Waals surface area contributed by atoms with Crippen LogP contribution in [-0.4, -0.2) is 49.6 Å². The third-order valence-electron chi connectivity index (χ3n) is 3.80. The van der Waals surface area contributed by atoms with Crippen LogP contribution in [0.1, 0.15) is 46.0 Å². The molecule has 1 saturated carbocycles. The van der Waals surface area contributed by atoms with E-state index in [-0.39, 0.29) is 11.9 Å². The second kappa shape index (κ2) is 8.95. The normalized spacial score (nSPS) is 22.6. The Morgan fingerprint density at radius 2 is 1.90 bits per heavy atom. The summed E-state index contributed by atoms with van der Waals surface area (Å²) in [6.45, 7) is 5.35. The first kappa shape index (κ1) is 17.0. The van der Waals surface area contributed by atoms with Crippen LogP contribution in [0.5, 0.6) is 0 Å². The lowest BCUT2D eigenvalue weighted by Crippen LogP contribution is -2.42. The highest BCUT2D eigenvalue weighted by atomic mass is 16.5. The van der Waals surface area contributed by atoms with Crippen molar-refractivity contribution in [1.29, 1.82) is 0 Å². The van der Waals surface area contributed by atoms with Crippen molar-refractivity contribution in [1.82, 2.24) is 10.2 Å². The summed E-state index contributed by atoms with van der Waals surface area (Å²) in [6.07, 6.45) is 4.89. The van der Waals surface area contributed by atoms with Gasteiger partial charge in [-0.25, -0.2) is 0 Å². The summed E-state index contributed by atoms with van der Waals surface area (Å²) in [6, 6.07) is 0.331. The fourth-order valence-electron chi connectivity index (χ4n) is 2.52. The molecule has 0 aromatic rings. The Balaban J connectivity index is 2.16. The second-order valence-electron chi connectivity index (χ2n) is 5.82. The summed E-state index contributed by atoms with van der Waals surface area (Å²) in [7, 11) is 1.85. The van der Waals surface area contributed by atoms with Gasteiger partial charge in [0.1, 0.15) is 0 Å². The van der Waals surface area contributed by atoms with E-state index in [2.05, 4.69) is 12.2 Å². The van der Waals surface area contributed by atoms with Crippen LogP contribution in [0.3, 0.4) is 0 Å². The number of likely N-dealkylation sites (N-methyl/N-ethyl adjacent to an activating group) is 1. The molecule has 1 fully saturated rings. The molecule has 0 bridgehead atoms. The summed E-state index contributed by atoms with van der Waals surface area (Å²) in [5, 5.41) is 3.09. The molecular formula is C15H28N2O3. The molecule has 0 aliphatic heterocycles. The minimum absolute atomic E-state index is 0.0518. The van der Waals surface area contributed by atoms with E-state index in [1.807, 2.05) is 11.9 Å². The summed E-state index contributed by atoms with van der Waals surface area (Å²) >= 11 is 0. The molecule has 0 aromatic heterocycles. The molecule has 0 unspecified atom stereocenters. The Hall–Kier alpha value is -1.10. The molecule has 0 radical (unpaired) electrons. The Labute approximate surface area is 122 Å². The van der Waals surface area contributed by atoms with Gasteiger partial charge in [-0.2, -0.15) is 0 Å². The van der Waals surface area contributed by atoms with E-state index in [1.165, 1.54) is 12.8 Å². The number of esters is 1. The smallest absolute Gasteiger partial charge is 0.307 e. The van der Waals surface area contributed by atoms with Gasteiger partial charge in [0.05, 0.1) is 19.6 Å². The Morgan fingerprint density at radius 1 is 1.25 bits per heavy atom. The molecule has 116 valence electrons. The van der Waals surface area contributed by atoms with E-state index in [9.17, 15) is 9.59 Å². The minimum atomic E-state index is -0.207. The van der Waals surface area contributed by atoms with E-state index in [0.29, 0.717) is 32.2 Å². The van der Waals surface area contributed by atoms with Gasteiger partial charge in [0, 0.05) is 12.6 Å². The zero-order valence-corrected chi connectivity index (χ0v) is 13.0. The summed E-state index contributed by atoms with van der Waals surface area (Å²) < 4.78 is 4.86. The van der Waals surface area contributed by atoms with Gasteiger partial charge in [-0.15, -0.1) is 0 Å². The quantitative estimate of drug-likeness (QED) is 0.721. The topological polar surface area (TPSA) is 58.6 Å². The van der Waals surface area contributed by atoms with Crippen molar-refractivity contribution in [3.63, 3.8) is 0 Å². The Bertz CT molecular complexity index is 312. The number of carbonyl (C=O) groups is 2. The molecule has 1 amide bonds. The van der Waals surface area contributed by atoms with E-state index in [4.69, 9.17) is 4.74 Å². The monoisotopic (exact) mass is 284 g/mol. The van der Waals surface area contributed by atoms with E-state index < -0.39 is 0 Å². The van der Waals surface area contributed by atoms with Crippen molar-refractivity contribution in [2.75, 3.05) is 26.7 Å². The maximum absolute atomic E-state index is 11.9. The molecule has 1 aliphatic rings. The maximum Gasteiger partial charge on any atom is 0.307 e. The lowest BCUT2D eigenvalue weighted by atomic mass is 9.87. The van der Waals surface area contributed by atoms with Crippen molar-refractivity contribution < 1.29 is 14.3 Å². The molecule has 5 heteroatoms. The van der Waals surface area contributed by atoms with Crippen LogP contribution in [0.15, 0.2) is 0 Å². The number of ether oxygens (including phenoxy) is 1. The lowest BCUT2D eigenvalue weighted by Gasteiger charge is -2.27. The first-order valence-electron chi connectivity index (χ1n) is 7.64. The molecule has 0 heterocycles. The third kappa shape index (κ3) is 6.89. The van der Waals surface area contributed by atoms with Crippen LogP contribution in [0.25, 0.3) is 0 Å². The van der Waals surface area contributed by atoms with Gasteiger partial charge in [-0.3, -0.25) is 14.5 Å². The zero-order valence-electron chi connectivity index (χ0n) is 13.0. The number of amides is 1. The van der Waals surface area contributed by atoms with Gasteiger partial charge >= 0.3 is 5.97 Å². The lowest BCUT2D eigenvalue weighted by molar-refractivity contribution is -0.143. The van der Waals surface area contributed by atoms with Crippen molar-refractivity contribution in [2.24, 2.45) is 5.92 Å². The highest BCUT2D eigenvalue weighted by Gasteiger charge is 2.20. The molecule has 1 N–H and O–H groups in total. The molecule has 1 rings (SSSR count). The highest BCUT2D eigenvalue weighted by molar-refractivity contribution is 5.78. The van der Waals surface area contributed by atoms with Crippen LogP contribution in [0.4, 0.5) is 0 Å². The van der Waals surface area contributed by atoms with E-state index >= 15 is 0 Å². The average Bonchev–Trinajstić information content (AvgIpc) is 2.39. The van der Waals surface area contributed by atoms with Crippen molar-refractivity contribution in [2.45, 2.75) is 52.0 Å². The Morgan fingerprint density at radius 3 is 2.50 bits per heavy atom. The van der Waals surface area contributed by atoms with Gasteiger partial charge in [0.2, 0.25) is 5.91 Å². The van der Waals surface area contributed by atoms with Crippen LogP contribution in [0.2, 0.25) is 0 Å². The Kier molecular flexibility index (Phi) is 7.59. The van der Waals surface area contributed by atoms with Crippen LogP contribution < -0.4 is 5.32 Å². The number of nitrogens with zero attached hydrogens (tertiary/aromatic N) is 1. The molecular weight excluding hydrogens is 256 g/mol. The molecule has 0 atom stereocenters. The standard InChI is InChI=1S/C15H28N2O3/c1-4-20-15(19)9-10-17(3)11-14(18)16-13-7-5-12(2)6-8-13/h12-13H,4-11H2,1-3H3,(H,16,18). The van der Waals surface area contributed by atoms with Gasteiger partial charge in [-0.05, 0) is 45.6 Å². The van der Waals surface area contributed by atoms with Gasteiger partial charge in [-0.1, -0.05) is 6.92 Å². The first-order valence-corrected chi connectivity index (χ1v) is 7.64. The fourth-order valence-corrected chi connectivity index (χ4v) is 2.52. The number of rotatable bonds is 7. The zero-order chi connectivity index (χ0) is 15.0. The largest absolute Gasteiger partial charge is 0.466 e. The third-order valence-corrected chi connectivity index (χ3v) is 3.80. The first-order chi connectivity index (χ1) is 9.51. The number of hydrogen-bond acceptors (Lipinski definition) is 4. The molecule has 5 nitrogen and oxygen atoms in total. The van der Waals surface area contributed by atoms with Crippen LogP contribution in [0, 0.1) is 5.92 Å². The maximum atomic E-state index is 11.9. The number of carbonyl (C=O) groups excluding carboxylic acids is 2. The molecule has 1 aliphatic carbocycles. The molecule has 0 spiro atoms. The predicted molar refractivity (Wildman–Crippen MR) is 78.3 cm³/mol. The van der Waals surface area contributed by atoms with Crippen LogP contribution in [-0.2, 0) is 14.3 Å². The van der Waals surface area contributed by atoms with E-state index in [1.54, 1.807) is 6.92 Å². The van der Waals surface area contributed by atoms with Gasteiger partial charge in [0.15, 0.2) is 0 Å². The van der Waals surface area contributed by atoms with E-state index in [0.717, 1.165) is 18.8 Å². The highest BCUT2D eigenvalue weighted by Crippen LogP contribution is 2.23. The molecule has 0 aromatic carbocycles. The van der Waals surface area contributed by atoms with Gasteiger partial charge < -0.3 is 10.1 Å². The van der Waals surface area contributed by atoms with Crippen molar-refractivity contribution >= 4 is 11.9 Å². The SMILES string of the molecule is CCOC(=O)CCN(C)CC(=O)NC1CCC(C)CC1. The minimum Gasteiger partial charge on any atom is -0.466 e. The second-order valence-corrected chi connectivity index (χ2v) is 5.82. The molecule has 0 saturated heterocycles. The van der Waals surface area contributed by atoms with Crippen molar-refractivity contribution in [3.05, 3.63) is 0 Å². The fraction of sp³-hybridized carbons (Fsp3) is 0.867. The number of hydrogen-bond donors (Lipinski definition) is 1. The summed E-state index contributed by atoms with van der Waals surface area (Å²) in [4.78, 5) is 25.0. The number of nitrogens with one attached hydrogen (secondary N) is 1. The summed E-state index contributed by atoms with van der Waals surface area (Å²) in [5.74, 6) is 0.632. The van der Waals surface area contributed by atoms with Gasteiger partial charge in [0.25, 0.3) is 0 Å². The van der Waals surface area contributed by atoms with Crippen molar-refractivity contribution in [3.8, 4) is 0 Å². The van der Waals surface area contributed by atoms with Crippen LogP contribution >= 0.6 is 0 Å². The molecule has 20 heavy (non-hydrogen) atoms. The predicted octanol–water partition coefficient (Wildman–Crippen LogP) is 1.57.